The van der Waals surface area contributed by atoms with Gasteiger partial charge >= 0.3 is 5.97 Å². The van der Waals surface area contributed by atoms with E-state index in [4.69, 9.17) is 5.11 Å². The molecule has 23 heavy (non-hydrogen) atoms. The van der Waals surface area contributed by atoms with Gasteiger partial charge in [0, 0.05) is 44.6 Å². The van der Waals surface area contributed by atoms with Gasteiger partial charge < -0.3 is 19.9 Å². The molecule has 0 amide bonds. The molecule has 0 aliphatic carbocycles. The van der Waals surface area contributed by atoms with Crippen molar-refractivity contribution in [1.82, 2.24) is 19.9 Å². The van der Waals surface area contributed by atoms with Crippen molar-refractivity contribution < 1.29 is 9.90 Å². The van der Waals surface area contributed by atoms with Crippen LogP contribution in [0, 0.1) is 0 Å². The van der Waals surface area contributed by atoms with Crippen LogP contribution in [0.1, 0.15) is 24.2 Å². The molecule has 2 aromatic rings. The summed E-state index contributed by atoms with van der Waals surface area (Å²) in [5, 5.41) is 12.8. The number of piperazine rings is 1. The van der Waals surface area contributed by atoms with Gasteiger partial charge in [-0.1, -0.05) is 0 Å². The number of hydrogen-bond donors (Lipinski definition) is 2. The fourth-order valence-electron chi connectivity index (χ4n) is 2.82. The van der Waals surface area contributed by atoms with Gasteiger partial charge in [-0.05, 0) is 13.8 Å². The second-order valence-corrected chi connectivity index (χ2v) is 5.67. The van der Waals surface area contributed by atoms with E-state index in [-0.39, 0.29) is 10.9 Å². The summed E-state index contributed by atoms with van der Waals surface area (Å²) < 4.78 is 1.68. The standard InChI is InChI=1S/C15H19N5O3/c1-3-19-8-11(14(22)23)12(21)10-6-17-15(18-13(10)19)20-5-4-16-9(2)7-20/h6,8-9,16H,3-5,7H2,1-2H3,(H,22,23). The van der Waals surface area contributed by atoms with E-state index in [1.807, 2.05) is 6.92 Å². The molecule has 0 saturated carbocycles. The van der Waals surface area contributed by atoms with Gasteiger partial charge in [0.1, 0.15) is 11.2 Å². The zero-order valence-corrected chi connectivity index (χ0v) is 13.1. The molecule has 1 unspecified atom stereocenters. The first-order valence-electron chi connectivity index (χ1n) is 7.63. The van der Waals surface area contributed by atoms with Crippen LogP contribution in [-0.4, -0.2) is 51.3 Å². The normalized spacial score (nSPS) is 18.3. The van der Waals surface area contributed by atoms with Crippen molar-refractivity contribution in [3.63, 3.8) is 0 Å². The first-order valence-corrected chi connectivity index (χ1v) is 7.63. The molecule has 2 N–H and O–H groups in total. The minimum Gasteiger partial charge on any atom is -0.477 e. The topological polar surface area (TPSA) is 100 Å². The highest BCUT2D eigenvalue weighted by Gasteiger charge is 2.20. The lowest BCUT2D eigenvalue weighted by molar-refractivity contribution is 0.0695. The zero-order valence-electron chi connectivity index (χ0n) is 13.1. The third-order valence-electron chi connectivity index (χ3n) is 4.02. The van der Waals surface area contributed by atoms with Gasteiger partial charge in [0.2, 0.25) is 11.4 Å². The van der Waals surface area contributed by atoms with Crippen LogP contribution >= 0.6 is 0 Å². The molecular weight excluding hydrogens is 298 g/mol. The lowest BCUT2D eigenvalue weighted by Gasteiger charge is -2.31. The number of fused-ring (bicyclic) bond motifs is 1. The van der Waals surface area contributed by atoms with Crippen molar-refractivity contribution in [2.45, 2.75) is 26.4 Å². The summed E-state index contributed by atoms with van der Waals surface area (Å²) in [6, 6.07) is 0.339. The van der Waals surface area contributed by atoms with Crippen molar-refractivity contribution in [3.8, 4) is 0 Å². The maximum absolute atomic E-state index is 12.3. The van der Waals surface area contributed by atoms with Gasteiger partial charge in [-0.3, -0.25) is 4.79 Å². The number of anilines is 1. The van der Waals surface area contributed by atoms with E-state index in [1.54, 1.807) is 4.57 Å². The summed E-state index contributed by atoms with van der Waals surface area (Å²) in [5.74, 6) is -0.672. The zero-order chi connectivity index (χ0) is 16.6. The molecule has 1 aliphatic rings. The maximum Gasteiger partial charge on any atom is 0.341 e. The number of carboxylic acids is 1. The summed E-state index contributed by atoms with van der Waals surface area (Å²) in [6.45, 7) is 6.92. The molecule has 3 heterocycles. The van der Waals surface area contributed by atoms with Gasteiger partial charge in [0.05, 0.1) is 5.39 Å². The van der Waals surface area contributed by atoms with E-state index in [0.717, 1.165) is 19.6 Å². The van der Waals surface area contributed by atoms with Gasteiger partial charge in [0.15, 0.2) is 0 Å². The fraction of sp³-hybridized carbons (Fsp3) is 0.467. The van der Waals surface area contributed by atoms with Gasteiger partial charge in [-0.15, -0.1) is 0 Å². The second kappa shape index (κ2) is 5.96. The fourth-order valence-corrected chi connectivity index (χ4v) is 2.82. The number of aryl methyl sites for hydroxylation is 1. The Kier molecular flexibility index (Phi) is 3.99. The Morgan fingerprint density at radius 3 is 2.96 bits per heavy atom. The molecule has 1 fully saturated rings. The number of pyridine rings is 1. The molecule has 8 heteroatoms. The van der Waals surface area contributed by atoms with Crippen molar-refractivity contribution >= 4 is 23.0 Å². The molecule has 2 aromatic heterocycles. The molecule has 122 valence electrons. The molecule has 0 radical (unpaired) electrons. The summed E-state index contributed by atoms with van der Waals surface area (Å²) in [5.41, 5.74) is -0.331. The summed E-state index contributed by atoms with van der Waals surface area (Å²) in [6.07, 6.45) is 2.79. The van der Waals surface area contributed by atoms with E-state index in [1.165, 1.54) is 12.4 Å². The quantitative estimate of drug-likeness (QED) is 0.840. The SMILES string of the molecule is CCn1cc(C(=O)O)c(=O)c2cnc(N3CCNC(C)C3)nc21. The number of carboxylic acid groups (broad SMARTS) is 1. The predicted molar refractivity (Wildman–Crippen MR) is 86.1 cm³/mol. The van der Waals surface area contributed by atoms with Crippen LogP contribution in [-0.2, 0) is 6.54 Å². The Morgan fingerprint density at radius 2 is 2.30 bits per heavy atom. The maximum atomic E-state index is 12.3. The molecule has 8 nitrogen and oxygen atoms in total. The number of aromatic nitrogens is 3. The molecule has 1 saturated heterocycles. The lowest BCUT2D eigenvalue weighted by Crippen LogP contribution is -2.49. The minimum absolute atomic E-state index is 0.235. The molecule has 3 rings (SSSR count). The number of hydrogen-bond acceptors (Lipinski definition) is 6. The molecule has 0 bridgehead atoms. The Hall–Kier alpha value is -2.48. The Balaban J connectivity index is 2.14. The van der Waals surface area contributed by atoms with Gasteiger partial charge in [-0.25, -0.2) is 9.78 Å². The average molecular weight is 317 g/mol. The van der Waals surface area contributed by atoms with Crippen LogP contribution in [0.2, 0.25) is 0 Å². The molecule has 1 atom stereocenters. The van der Waals surface area contributed by atoms with E-state index < -0.39 is 11.4 Å². The molecule has 0 spiro atoms. The van der Waals surface area contributed by atoms with E-state index in [0.29, 0.717) is 24.2 Å². The van der Waals surface area contributed by atoms with Crippen molar-refractivity contribution in [3.05, 3.63) is 28.2 Å². The first kappa shape index (κ1) is 15.4. The van der Waals surface area contributed by atoms with Crippen LogP contribution in [0.15, 0.2) is 17.2 Å². The predicted octanol–water partition coefficient (Wildman–Crippen LogP) is 0.308. The van der Waals surface area contributed by atoms with Crippen LogP contribution in [0.3, 0.4) is 0 Å². The smallest absolute Gasteiger partial charge is 0.341 e. The average Bonchev–Trinajstić information content (AvgIpc) is 2.54. The molecule has 1 aliphatic heterocycles. The van der Waals surface area contributed by atoms with Crippen LogP contribution in [0.25, 0.3) is 11.0 Å². The number of rotatable bonds is 3. The number of aromatic carboxylic acids is 1. The largest absolute Gasteiger partial charge is 0.477 e. The monoisotopic (exact) mass is 317 g/mol. The van der Waals surface area contributed by atoms with Crippen molar-refractivity contribution in [1.29, 1.82) is 0 Å². The van der Waals surface area contributed by atoms with E-state index in [9.17, 15) is 9.59 Å². The Bertz CT molecular complexity index is 817. The number of nitrogens with one attached hydrogen (secondary N) is 1. The highest BCUT2D eigenvalue weighted by molar-refractivity contribution is 5.91. The summed E-state index contributed by atoms with van der Waals surface area (Å²) in [7, 11) is 0. The lowest BCUT2D eigenvalue weighted by atomic mass is 10.2. The van der Waals surface area contributed by atoms with Crippen molar-refractivity contribution in [2.75, 3.05) is 24.5 Å². The highest BCUT2D eigenvalue weighted by Crippen LogP contribution is 2.15. The second-order valence-electron chi connectivity index (χ2n) is 5.67. The minimum atomic E-state index is -1.24. The van der Waals surface area contributed by atoms with E-state index in [2.05, 4.69) is 27.1 Å². The molecule has 0 aromatic carbocycles. The number of nitrogens with zero attached hydrogens (tertiary/aromatic N) is 4. The summed E-state index contributed by atoms with van der Waals surface area (Å²) >= 11 is 0. The third-order valence-corrected chi connectivity index (χ3v) is 4.02. The number of carbonyl (C=O) groups is 1. The summed E-state index contributed by atoms with van der Waals surface area (Å²) in [4.78, 5) is 34.4. The highest BCUT2D eigenvalue weighted by atomic mass is 16.4. The van der Waals surface area contributed by atoms with Gasteiger partial charge in [-0.2, -0.15) is 4.98 Å². The Labute approximate surface area is 132 Å². The van der Waals surface area contributed by atoms with Crippen LogP contribution in [0.4, 0.5) is 5.95 Å². The van der Waals surface area contributed by atoms with Crippen LogP contribution < -0.4 is 15.6 Å². The third kappa shape index (κ3) is 2.77. The van der Waals surface area contributed by atoms with Crippen molar-refractivity contribution in [2.24, 2.45) is 0 Å². The molecular formula is C15H19N5O3. The van der Waals surface area contributed by atoms with E-state index >= 15 is 0 Å². The Morgan fingerprint density at radius 1 is 1.52 bits per heavy atom. The van der Waals surface area contributed by atoms with Crippen LogP contribution in [0.5, 0.6) is 0 Å². The first-order chi connectivity index (χ1) is 11.0. The van der Waals surface area contributed by atoms with Gasteiger partial charge in [0.25, 0.3) is 0 Å².